The fourth-order valence-corrected chi connectivity index (χ4v) is 3.91. The minimum Gasteiger partial charge on any atom is -0.299 e. The van der Waals surface area contributed by atoms with E-state index in [1.165, 1.54) is 37.7 Å². The van der Waals surface area contributed by atoms with Gasteiger partial charge in [0.15, 0.2) is 0 Å². The summed E-state index contributed by atoms with van der Waals surface area (Å²) in [6, 6.07) is 1.66. The molecule has 1 atom stereocenters. The van der Waals surface area contributed by atoms with Gasteiger partial charge in [0.25, 0.3) is 0 Å². The van der Waals surface area contributed by atoms with Crippen LogP contribution in [0.1, 0.15) is 26.2 Å². The molecule has 0 saturated carbocycles. The highest BCUT2D eigenvalue weighted by atomic mass is 35.5. The molecule has 0 aliphatic carbocycles. The Labute approximate surface area is 125 Å². The summed E-state index contributed by atoms with van der Waals surface area (Å²) in [6.07, 6.45) is 6.38. The summed E-state index contributed by atoms with van der Waals surface area (Å²) >= 11 is 5.90. The summed E-state index contributed by atoms with van der Waals surface area (Å²) in [5.74, 6) is 0. The number of likely N-dealkylation sites (tertiary alicyclic amines) is 1. The van der Waals surface area contributed by atoms with E-state index in [4.69, 9.17) is 11.6 Å². The summed E-state index contributed by atoms with van der Waals surface area (Å²) in [5, 5.41) is 0.193. The quantitative estimate of drug-likeness (QED) is 0.901. The first-order valence-corrected chi connectivity index (χ1v) is 8.70. The van der Waals surface area contributed by atoms with Gasteiger partial charge in [-0.3, -0.25) is 9.88 Å². The first-order valence-electron chi connectivity index (χ1n) is 6.84. The van der Waals surface area contributed by atoms with Gasteiger partial charge in [-0.1, -0.05) is 18.0 Å². The van der Waals surface area contributed by atoms with Gasteiger partial charge in [0, 0.05) is 25.0 Å². The maximum Gasteiger partial charge on any atom is 0.243 e. The van der Waals surface area contributed by atoms with E-state index in [0.717, 1.165) is 13.1 Å². The second kappa shape index (κ2) is 6.85. The van der Waals surface area contributed by atoms with Crippen molar-refractivity contribution >= 4 is 21.6 Å². The minimum atomic E-state index is -3.60. The van der Waals surface area contributed by atoms with E-state index in [1.54, 1.807) is 0 Å². The van der Waals surface area contributed by atoms with Gasteiger partial charge in [0.05, 0.1) is 5.02 Å². The molecule has 0 spiro atoms. The van der Waals surface area contributed by atoms with E-state index in [1.807, 2.05) is 6.92 Å². The molecule has 2 heterocycles. The number of sulfonamides is 1. The molecular weight excluding hydrogens is 298 g/mol. The Morgan fingerprint density at radius 2 is 2.10 bits per heavy atom. The summed E-state index contributed by atoms with van der Waals surface area (Å²) in [6.45, 7) is 4.50. The zero-order chi connectivity index (χ0) is 14.6. The molecule has 0 amide bonds. The smallest absolute Gasteiger partial charge is 0.243 e. The summed E-state index contributed by atoms with van der Waals surface area (Å²) in [7, 11) is -3.60. The lowest BCUT2D eigenvalue weighted by atomic mass is 10.1. The van der Waals surface area contributed by atoms with Gasteiger partial charge in [-0.15, -0.1) is 0 Å². The van der Waals surface area contributed by atoms with Crippen molar-refractivity contribution in [2.24, 2.45) is 0 Å². The second-order valence-electron chi connectivity index (χ2n) is 5.10. The maximum absolute atomic E-state index is 12.2. The van der Waals surface area contributed by atoms with Crippen LogP contribution < -0.4 is 4.72 Å². The van der Waals surface area contributed by atoms with Crippen molar-refractivity contribution in [3.8, 4) is 0 Å². The van der Waals surface area contributed by atoms with E-state index in [9.17, 15) is 8.42 Å². The van der Waals surface area contributed by atoms with Crippen LogP contribution in [0.3, 0.4) is 0 Å². The van der Waals surface area contributed by atoms with E-state index in [0.29, 0.717) is 6.54 Å². The normalized spacial score (nSPS) is 18.9. The number of pyridine rings is 1. The number of piperidine rings is 1. The predicted molar refractivity (Wildman–Crippen MR) is 79.3 cm³/mol. The van der Waals surface area contributed by atoms with Crippen LogP contribution in [-0.4, -0.2) is 44.0 Å². The molecule has 5 nitrogen and oxygen atoms in total. The molecule has 1 aliphatic heterocycles. The van der Waals surface area contributed by atoms with Crippen LogP contribution in [0.25, 0.3) is 0 Å². The topological polar surface area (TPSA) is 62.3 Å². The standard InChI is InChI=1S/C13H20ClN3O2S/c1-11(17-7-3-2-4-8-17)9-16-20(18,19)13-10-15-6-5-12(13)14/h5-6,10-11,16H,2-4,7-9H2,1H3. The van der Waals surface area contributed by atoms with Gasteiger partial charge in [0.1, 0.15) is 4.90 Å². The molecule has 7 heteroatoms. The van der Waals surface area contributed by atoms with Crippen molar-refractivity contribution in [1.82, 2.24) is 14.6 Å². The third-order valence-electron chi connectivity index (χ3n) is 3.61. The molecule has 2 rings (SSSR count). The number of nitrogens with one attached hydrogen (secondary N) is 1. The van der Waals surface area contributed by atoms with Crippen LogP contribution in [0.2, 0.25) is 5.02 Å². The van der Waals surface area contributed by atoms with Gasteiger partial charge >= 0.3 is 0 Å². The molecule has 1 saturated heterocycles. The number of nitrogens with zero attached hydrogens (tertiary/aromatic N) is 2. The van der Waals surface area contributed by atoms with Gasteiger partial charge in [-0.2, -0.15) is 0 Å². The fraction of sp³-hybridized carbons (Fsp3) is 0.615. The molecule has 0 bridgehead atoms. The molecule has 20 heavy (non-hydrogen) atoms. The molecule has 1 unspecified atom stereocenters. The zero-order valence-electron chi connectivity index (χ0n) is 11.5. The molecule has 1 aromatic heterocycles. The van der Waals surface area contributed by atoms with Crippen LogP contribution >= 0.6 is 11.6 Å². The van der Waals surface area contributed by atoms with Crippen molar-refractivity contribution < 1.29 is 8.42 Å². The SMILES string of the molecule is CC(CNS(=O)(=O)c1cnccc1Cl)N1CCCCC1. The molecule has 1 fully saturated rings. The lowest BCUT2D eigenvalue weighted by molar-refractivity contribution is 0.175. The highest BCUT2D eigenvalue weighted by molar-refractivity contribution is 7.89. The second-order valence-corrected chi connectivity index (χ2v) is 7.25. The van der Waals surface area contributed by atoms with Gasteiger partial charge in [-0.25, -0.2) is 13.1 Å². The lowest BCUT2D eigenvalue weighted by Crippen LogP contribution is -2.44. The Hall–Kier alpha value is -0.690. The van der Waals surface area contributed by atoms with Crippen molar-refractivity contribution in [3.63, 3.8) is 0 Å². The van der Waals surface area contributed by atoms with Crippen LogP contribution in [-0.2, 0) is 10.0 Å². The van der Waals surface area contributed by atoms with Gasteiger partial charge in [-0.05, 0) is 38.9 Å². The molecule has 1 N–H and O–H groups in total. The number of rotatable bonds is 5. The Bertz CT molecular complexity index is 544. The monoisotopic (exact) mass is 317 g/mol. The van der Waals surface area contributed by atoms with Crippen molar-refractivity contribution in [3.05, 3.63) is 23.5 Å². The van der Waals surface area contributed by atoms with Gasteiger partial charge in [0.2, 0.25) is 10.0 Å². The highest BCUT2D eigenvalue weighted by Crippen LogP contribution is 2.19. The Kier molecular flexibility index (Phi) is 5.37. The highest BCUT2D eigenvalue weighted by Gasteiger charge is 2.21. The average Bonchev–Trinajstić information content (AvgIpc) is 2.46. The van der Waals surface area contributed by atoms with Crippen molar-refractivity contribution in [1.29, 1.82) is 0 Å². The number of hydrogen-bond acceptors (Lipinski definition) is 4. The fourth-order valence-electron chi connectivity index (χ4n) is 2.36. The average molecular weight is 318 g/mol. The third kappa shape index (κ3) is 3.91. The van der Waals surface area contributed by atoms with E-state index in [-0.39, 0.29) is 16.0 Å². The van der Waals surface area contributed by atoms with E-state index < -0.39 is 10.0 Å². The minimum absolute atomic E-state index is 0.0347. The largest absolute Gasteiger partial charge is 0.299 e. The Morgan fingerprint density at radius 1 is 1.40 bits per heavy atom. The lowest BCUT2D eigenvalue weighted by Gasteiger charge is -2.32. The predicted octanol–water partition coefficient (Wildman–Crippen LogP) is 1.89. The first-order chi connectivity index (χ1) is 9.50. The summed E-state index contributed by atoms with van der Waals surface area (Å²) < 4.78 is 27.0. The maximum atomic E-state index is 12.2. The van der Waals surface area contributed by atoms with Gasteiger partial charge < -0.3 is 0 Å². The Balaban J connectivity index is 1.97. The first kappa shape index (κ1) is 15.7. The van der Waals surface area contributed by atoms with Crippen LogP contribution in [0.4, 0.5) is 0 Å². The molecule has 1 aliphatic rings. The summed E-state index contributed by atoms with van der Waals surface area (Å²) in [5.41, 5.74) is 0. The van der Waals surface area contributed by atoms with Crippen LogP contribution in [0.5, 0.6) is 0 Å². The van der Waals surface area contributed by atoms with Crippen LogP contribution in [0, 0.1) is 0 Å². The van der Waals surface area contributed by atoms with Crippen molar-refractivity contribution in [2.45, 2.75) is 37.1 Å². The summed E-state index contributed by atoms with van der Waals surface area (Å²) in [4.78, 5) is 6.17. The number of hydrogen-bond donors (Lipinski definition) is 1. The third-order valence-corrected chi connectivity index (χ3v) is 5.50. The number of aromatic nitrogens is 1. The van der Waals surface area contributed by atoms with E-state index >= 15 is 0 Å². The molecular formula is C13H20ClN3O2S. The van der Waals surface area contributed by atoms with Crippen LogP contribution in [0.15, 0.2) is 23.4 Å². The Morgan fingerprint density at radius 3 is 2.75 bits per heavy atom. The molecule has 112 valence electrons. The zero-order valence-corrected chi connectivity index (χ0v) is 13.1. The molecule has 1 aromatic rings. The molecule has 0 aromatic carbocycles. The number of halogens is 1. The van der Waals surface area contributed by atoms with Crippen molar-refractivity contribution in [2.75, 3.05) is 19.6 Å². The molecule has 0 radical (unpaired) electrons. The van der Waals surface area contributed by atoms with E-state index in [2.05, 4.69) is 14.6 Å².